The highest BCUT2D eigenvalue weighted by Crippen LogP contribution is 2.28. The van der Waals surface area contributed by atoms with Crippen molar-refractivity contribution in [2.75, 3.05) is 0 Å². The molecule has 0 bridgehead atoms. The van der Waals surface area contributed by atoms with Crippen LogP contribution in [0.4, 0.5) is 0 Å². The lowest BCUT2D eigenvalue weighted by Crippen LogP contribution is -1.86. The molecule has 2 aromatic rings. The molecule has 2 nitrogen and oxygen atoms in total. The molecule has 0 saturated heterocycles. The van der Waals surface area contributed by atoms with E-state index in [-0.39, 0.29) is 0 Å². The molecule has 0 heterocycles. The van der Waals surface area contributed by atoms with Crippen molar-refractivity contribution in [2.24, 2.45) is 0 Å². The molecule has 0 unspecified atom stereocenters. The van der Waals surface area contributed by atoms with Gasteiger partial charge in [0, 0.05) is 12.2 Å². The zero-order chi connectivity index (χ0) is 14.2. The second-order valence-electron chi connectivity index (χ2n) is 4.10. The summed E-state index contributed by atoms with van der Waals surface area (Å²) in [5.41, 5.74) is 4.04. The summed E-state index contributed by atoms with van der Waals surface area (Å²) in [6.45, 7) is 0. The van der Waals surface area contributed by atoms with E-state index >= 15 is 0 Å². The Hall–Kier alpha value is -3.10. The third-order valence-corrected chi connectivity index (χ3v) is 2.89. The molecule has 0 aliphatic carbocycles. The second kappa shape index (κ2) is 6.73. The predicted octanol–water partition coefficient (Wildman–Crippen LogP) is 4.43. The summed E-state index contributed by atoms with van der Waals surface area (Å²) in [5.74, 6) is 0. The summed E-state index contributed by atoms with van der Waals surface area (Å²) >= 11 is 0. The monoisotopic (exact) mass is 256 g/mol. The number of nitriles is 2. The standard InChI is InChI=1S/C18H12N2/c19-13-5-9-15-7-1-3-11-17(15)18-12-4-2-8-16(18)10-6-14-20/h1-12H/b9-5-,10-6+. The van der Waals surface area contributed by atoms with Crippen LogP contribution in [0.25, 0.3) is 23.3 Å². The summed E-state index contributed by atoms with van der Waals surface area (Å²) in [7, 11) is 0. The van der Waals surface area contributed by atoms with Crippen molar-refractivity contribution < 1.29 is 0 Å². The van der Waals surface area contributed by atoms with Crippen LogP contribution in [-0.4, -0.2) is 0 Å². The molecule has 0 aliphatic rings. The molecule has 0 aromatic heterocycles. The van der Waals surface area contributed by atoms with E-state index in [0.717, 1.165) is 22.3 Å². The molecule has 0 saturated carbocycles. The first-order valence-corrected chi connectivity index (χ1v) is 6.17. The van der Waals surface area contributed by atoms with Crippen molar-refractivity contribution in [1.82, 2.24) is 0 Å². The molecule has 94 valence electrons. The van der Waals surface area contributed by atoms with Gasteiger partial charge in [-0.25, -0.2) is 0 Å². The lowest BCUT2D eigenvalue weighted by atomic mass is 9.95. The number of rotatable bonds is 3. The Morgan fingerprint density at radius 2 is 1.05 bits per heavy atom. The Labute approximate surface area is 118 Å². The molecular weight excluding hydrogens is 244 g/mol. The van der Waals surface area contributed by atoms with Gasteiger partial charge in [-0.15, -0.1) is 0 Å². The van der Waals surface area contributed by atoms with E-state index < -0.39 is 0 Å². The van der Waals surface area contributed by atoms with Gasteiger partial charge in [-0.3, -0.25) is 0 Å². The molecule has 0 fully saturated rings. The van der Waals surface area contributed by atoms with Crippen LogP contribution in [0.5, 0.6) is 0 Å². The Morgan fingerprint density at radius 1 is 0.650 bits per heavy atom. The molecule has 2 aromatic carbocycles. The van der Waals surface area contributed by atoms with E-state index in [0.29, 0.717) is 0 Å². The normalized spacial score (nSPS) is 10.5. The number of hydrogen-bond acceptors (Lipinski definition) is 2. The number of benzene rings is 2. The van der Waals surface area contributed by atoms with Crippen molar-refractivity contribution in [2.45, 2.75) is 0 Å². The van der Waals surface area contributed by atoms with Crippen molar-refractivity contribution in [3.63, 3.8) is 0 Å². The van der Waals surface area contributed by atoms with Gasteiger partial charge in [-0.05, 0) is 34.4 Å². The maximum Gasteiger partial charge on any atom is 0.0912 e. The van der Waals surface area contributed by atoms with Gasteiger partial charge in [-0.1, -0.05) is 48.5 Å². The van der Waals surface area contributed by atoms with Gasteiger partial charge in [-0.2, -0.15) is 10.5 Å². The van der Waals surface area contributed by atoms with Gasteiger partial charge < -0.3 is 0 Å². The average molecular weight is 256 g/mol. The Morgan fingerprint density at radius 3 is 1.45 bits per heavy atom. The molecule has 0 spiro atoms. The van der Waals surface area contributed by atoms with Crippen LogP contribution in [0.2, 0.25) is 0 Å². The molecule has 0 radical (unpaired) electrons. The molecule has 0 atom stereocenters. The maximum absolute atomic E-state index is 8.68. The van der Waals surface area contributed by atoms with Crippen LogP contribution >= 0.6 is 0 Å². The maximum atomic E-state index is 8.68. The number of hydrogen-bond donors (Lipinski definition) is 0. The minimum absolute atomic E-state index is 0.979. The van der Waals surface area contributed by atoms with Crippen molar-refractivity contribution >= 4 is 12.2 Å². The van der Waals surface area contributed by atoms with Gasteiger partial charge in [0.05, 0.1) is 12.1 Å². The first-order chi connectivity index (χ1) is 9.86. The smallest absolute Gasteiger partial charge is 0.0912 e. The molecule has 2 rings (SSSR count). The molecular formula is C18H12N2. The molecule has 20 heavy (non-hydrogen) atoms. The van der Waals surface area contributed by atoms with Crippen LogP contribution in [0.1, 0.15) is 11.1 Å². The summed E-state index contributed by atoms with van der Waals surface area (Å²) in [6, 6.07) is 19.8. The first-order valence-electron chi connectivity index (χ1n) is 6.17. The zero-order valence-electron chi connectivity index (χ0n) is 10.8. The minimum Gasteiger partial charge on any atom is -0.193 e. The van der Waals surface area contributed by atoms with E-state index in [1.807, 2.05) is 60.7 Å². The zero-order valence-corrected chi connectivity index (χ0v) is 10.8. The third kappa shape index (κ3) is 3.02. The molecule has 0 N–H and O–H groups in total. The van der Waals surface area contributed by atoms with Crippen LogP contribution in [0.15, 0.2) is 60.7 Å². The molecule has 0 amide bonds. The number of nitrogens with zero attached hydrogens (tertiary/aromatic N) is 2. The highest BCUT2D eigenvalue weighted by atomic mass is 14.2. The van der Waals surface area contributed by atoms with Crippen molar-refractivity contribution in [3.05, 3.63) is 71.8 Å². The van der Waals surface area contributed by atoms with Crippen LogP contribution < -0.4 is 0 Å². The quantitative estimate of drug-likeness (QED) is 0.763. The topological polar surface area (TPSA) is 47.6 Å². The van der Waals surface area contributed by atoms with Gasteiger partial charge in [0.2, 0.25) is 0 Å². The fraction of sp³-hybridized carbons (Fsp3) is 0. The van der Waals surface area contributed by atoms with Crippen molar-refractivity contribution in [3.8, 4) is 23.3 Å². The highest BCUT2D eigenvalue weighted by molar-refractivity contribution is 5.82. The fourth-order valence-electron chi connectivity index (χ4n) is 2.03. The third-order valence-electron chi connectivity index (χ3n) is 2.89. The molecule has 2 heteroatoms. The van der Waals surface area contributed by atoms with Gasteiger partial charge in [0.15, 0.2) is 0 Å². The van der Waals surface area contributed by atoms with E-state index in [4.69, 9.17) is 10.5 Å². The largest absolute Gasteiger partial charge is 0.193 e. The summed E-state index contributed by atoms with van der Waals surface area (Å²) < 4.78 is 0. The van der Waals surface area contributed by atoms with E-state index in [1.54, 1.807) is 12.2 Å². The lowest BCUT2D eigenvalue weighted by molar-refractivity contribution is 1.53. The number of allylic oxidation sites excluding steroid dienone is 2. The van der Waals surface area contributed by atoms with Crippen LogP contribution in [-0.2, 0) is 0 Å². The predicted molar refractivity (Wildman–Crippen MR) is 81.2 cm³/mol. The van der Waals surface area contributed by atoms with Gasteiger partial charge in [0.25, 0.3) is 0 Å². The first kappa shape index (κ1) is 13.3. The fourth-order valence-corrected chi connectivity index (χ4v) is 2.03. The second-order valence-corrected chi connectivity index (χ2v) is 4.10. The highest BCUT2D eigenvalue weighted by Gasteiger charge is 2.05. The van der Waals surface area contributed by atoms with Crippen LogP contribution in [0.3, 0.4) is 0 Å². The minimum atomic E-state index is 0.979. The van der Waals surface area contributed by atoms with E-state index in [1.165, 1.54) is 12.2 Å². The van der Waals surface area contributed by atoms with Gasteiger partial charge >= 0.3 is 0 Å². The summed E-state index contributed by atoms with van der Waals surface area (Å²) in [4.78, 5) is 0. The van der Waals surface area contributed by atoms with E-state index in [9.17, 15) is 0 Å². The summed E-state index contributed by atoms with van der Waals surface area (Å²) in [5, 5.41) is 17.4. The SMILES string of the molecule is N#C/C=C\c1ccccc1-c1ccccc1/C=C/C#N. The Bertz CT molecular complexity index is 675. The van der Waals surface area contributed by atoms with E-state index in [2.05, 4.69) is 0 Å². The lowest BCUT2D eigenvalue weighted by Gasteiger charge is -2.09. The summed E-state index contributed by atoms with van der Waals surface area (Å²) in [6.07, 6.45) is 6.51. The van der Waals surface area contributed by atoms with Gasteiger partial charge in [0.1, 0.15) is 0 Å². The van der Waals surface area contributed by atoms with Crippen molar-refractivity contribution in [1.29, 1.82) is 10.5 Å². The van der Waals surface area contributed by atoms with Crippen LogP contribution in [0, 0.1) is 22.7 Å². The average Bonchev–Trinajstić information content (AvgIpc) is 2.51. The molecule has 0 aliphatic heterocycles. The Balaban J connectivity index is 2.58. The Kier molecular flexibility index (Phi) is 4.49.